The van der Waals surface area contributed by atoms with Crippen LogP contribution in [0.25, 0.3) is 0 Å². The van der Waals surface area contributed by atoms with E-state index in [9.17, 15) is 18.8 Å². The maximum atomic E-state index is 13.8. The van der Waals surface area contributed by atoms with Gasteiger partial charge in [-0.15, -0.1) is 0 Å². The van der Waals surface area contributed by atoms with E-state index in [1.807, 2.05) is 0 Å². The molecule has 2 amide bonds. The number of amides is 2. The average molecular weight is 334 g/mol. The van der Waals surface area contributed by atoms with E-state index in [1.165, 1.54) is 11.8 Å². The van der Waals surface area contributed by atoms with E-state index in [1.54, 1.807) is 18.2 Å². The number of fused-ring (bicyclic) bond motifs is 1. The second kappa shape index (κ2) is 6.59. The number of ketones is 1. The first-order valence-corrected chi connectivity index (χ1v) is 7.99. The summed E-state index contributed by atoms with van der Waals surface area (Å²) in [7, 11) is 0. The normalized spacial score (nSPS) is 23.5. The molecule has 7 heteroatoms. The van der Waals surface area contributed by atoms with Gasteiger partial charge in [0.25, 0.3) is 0 Å². The summed E-state index contributed by atoms with van der Waals surface area (Å²) in [6.45, 7) is 1.89. The highest BCUT2D eigenvalue weighted by molar-refractivity contribution is 6.02. The average Bonchev–Trinajstić information content (AvgIpc) is 2.86. The molecule has 0 radical (unpaired) electrons. The zero-order valence-corrected chi connectivity index (χ0v) is 13.4. The highest BCUT2D eigenvalue weighted by Crippen LogP contribution is 2.29. The monoisotopic (exact) mass is 334 g/mol. The number of anilines is 1. The molecule has 0 bridgehead atoms. The molecule has 1 aliphatic heterocycles. The summed E-state index contributed by atoms with van der Waals surface area (Å²) in [5.74, 6) is -0.721. The van der Waals surface area contributed by atoms with Crippen LogP contribution in [0, 0.1) is 0 Å². The minimum absolute atomic E-state index is 0.200. The van der Waals surface area contributed by atoms with Crippen molar-refractivity contribution < 1.29 is 23.5 Å². The van der Waals surface area contributed by atoms with Crippen LogP contribution in [-0.2, 0) is 16.0 Å². The molecule has 2 atom stereocenters. The highest BCUT2D eigenvalue weighted by atomic mass is 19.1. The number of halogens is 1. The summed E-state index contributed by atoms with van der Waals surface area (Å²) in [5, 5.41) is 2.60. The molecule has 1 aromatic rings. The van der Waals surface area contributed by atoms with Gasteiger partial charge in [-0.05, 0) is 37.0 Å². The molecule has 1 heterocycles. The molecular formula is C17H19FN2O4. The number of nitrogens with one attached hydrogen (secondary N) is 1. The fourth-order valence-electron chi connectivity index (χ4n) is 3.05. The first kappa shape index (κ1) is 16.4. The summed E-state index contributed by atoms with van der Waals surface area (Å²) in [6, 6.07) is 5.08. The number of carbonyl (C=O) groups excluding carboxylic acids is 3. The van der Waals surface area contributed by atoms with E-state index in [2.05, 4.69) is 5.32 Å². The van der Waals surface area contributed by atoms with Crippen molar-refractivity contribution in [3.05, 3.63) is 29.3 Å². The summed E-state index contributed by atoms with van der Waals surface area (Å²) in [5.41, 5.74) is 1.66. The lowest BCUT2D eigenvalue weighted by molar-refractivity contribution is -0.119. The van der Waals surface area contributed by atoms with Crippen molar-refractivity contribution in [3.63, 3.8) is 0 Å². The molecule has 0 saturated carbocycles. The van der Waals surface area contributed by atoms with Crippen LogP contribution < -0.4 is 10.2 Å². The van der Waals surface area contributed by atoms with Gasteiger partial charge in [-0.1, -0.05) is 6.07 Å². The summed E-state index contributed by atoms with van der Waals surface area (Å²) >= 11 is 0. The van der Waals surface area contributed by atoms with Crippen LogP contribution in [0.5, 0.6) is 0 Å². The van der Waals surface area contributed by atoms with Crippen LogP contribution in [0.2, 0.25) is 0 Å². The maximum absolute atomic E-state index is 13.8. The van der Waals surface area contributed by atoms with Crippen molar-refractivity contribution in [1.29, 1.82) is 0 Å². The third kappa shape index (κ3) is 3.25. The maximum Gasteiger partial charge on any atom is 0.414 e. The van der Waals surface area contributed by atoms with Crippen LogP contribution in [0.4, 0.5) is 14.9 Å². The highest BCUT2D eigenvalue weighted by Gasteiger charge is 2.33. The molecule has 24 heavy (non-hydrogen) atoms. The van der Waals surface area contributed by atoms with E-state index < -0.39 is 24.2 Å². The smallest absolute Gasteiger partial charge is 0.414 e. The number of hydrogen-bond acceptors (Lipinski definition) is 4. The Bertz CT molecular complexity index is 691. The van der Waals surface area contributed by atoms with E-state index in [0.29, 0.717) is 24.1 Å². The molecule has 1 aliphatic carbocycles. The van der Waals surface area contributed by atoms with Gasteiger partial charge in [0.2, 0.25) is 5.91 Å². The molecule has 6 nitrogen and oxygen atoms in total. The van der Waals surface area contributed by atoms with Crippen molar-refractivity contribution in [2.75, 3.05) is 18.0 Å². The molecule has 1 fully saturated rings. The third-order valence-electron chi connectivity index (χ3n) is 4.31. The van der Waals surface area contributed by atoms with Crippen LogP contribution in [0.3, 0.4) is 0 Å². The predicted octanol–water partition coefficient (Wildman–Crippen LogP) is 2.00. The summed E-state index contributed by atoms with van der Waals surface area (Å²) in [6.07, 6.45) is -0.971. The number of benzene rings is 1. The number of alkyl halides is 1. The summed E-state index contributed by atoms with van der Waals surface area (Å²) < 4.78 is 19.1. The van der Waals surface area contributed by atoms with Crippen molar-refractivity contribution in [2.45, 2.75) is 38.5 Å². The van der Waals surface area contributed by atoms with Crippen LogP contribution in [0.1, 0.15) is 35.7 Å². The molecular weight excluding hydrogens is 315 g/mol. The molecule has 1 aromatic carbocycles. The number of carbonyl (C=O) groups is 3. The van der Waals surface area contributed by atoms with Crippen LogP contribution in [0.15, 0.2) is 18.2 Å². The van der Waals surface area contributed by atoms with Crippen molar-refractivity contribution >= 4 is 23.5 Å². The molecule has 0 aromatic heterocycles. The molecule has 2 aliphatic rings. The number of rotatable bonds is 3. The van der Waals surface area contributed by atoms with Gasteiger partial charge in [0.15, 0.2) is 12.0 Å². The lowest BCUT2D eigenvalue weighted by atomic mass is 10.0. The predicted molar refractivity (Wildman–Crippen MR) is 84.9 cm³/mol. The fourth-order valence-corrected chi connectivity index (χ4v) is 3.05. The van der Waals surface area contributed by atoms with Gasteiger partial charge in [-0.3, -0.25) is 14.5 Å². The van der Waals surface area contributed by atoms with E-state index in [-0.39, 0.29) is 25.4 Å². The van der Waals surface area contributed by atoms with Gasteiger partial charge in [0, 0.05) is 18.2 Å². The number of nitrogens with zero attached hydrogens (tertiary/aromatic N) is 1. The molecule has 0 unspecified atom stereocenters. The Morgan fingerprint density at radius 2 is 2.21 bits per heavy atom. The molecule has 3 rings (SSSR count). The second-order valence-electron chi connectivity index (χ2n) is 6.12. The van der Waals surface area contributed by atoms with Gasteiger partial charge in [-0.25, -0.2) is 9.18 Å². The SMILES string of the molecule is CC(=O)NC[C@H]1CN(c2ccc3c(c2)C(=O)[C@H](F)CCC3)C(=O)O1. The summed E-state index contributed by atoms with van der Waals surface area (Å²) in [4.78, 5) is 36.6. The Kier molecular flexibility index (Phi) is 4.51. The zero-order chi connectivity index (χ0) is 17.3. The fraction of sp³-hybridized carbons (Fsp3) is 0.471. The molecule has 0 spiro atoms. The first-order chi connectivity index (χ1) is 11.5. The lowest BCUT2D eigenvalue weighted by Crippen LogP contribution is -2.33. The Morgan fingerprint density at radius 1 is 1.42 bits per heavy atom. The molecule has 1 saturated heterocycles. The zero-order valence-electron chi connectivity index (χ0n) is 13.4. The lowest BCUT2D eigenvalue weighted by Gasteiger charge is -2.16. The van der Waals surface area contributed by atoms with Gasteiger partial charge in [-0.2, -0.15) is 0 Å². The van der Waals surface area contributed by atoms with Crippen LogP contribution >= 0.6 is 0 Å². The number of Topliss-reactive ketones (excluding diaryl/α,β-unsaturated/α-hetero) is 1. The minimum atomic E-state index is -1.49. The van der Waals surface area contributed by atoms with Crippen molar-refractivity contribution in [1.82, 2.24) is 5.32 Å². The van der Waals surface area contributed by atoms with Crippen molar-refractivity contribution in [2.24, 2.45) is 0 Å². The Labute approximate surface area is 139 Å². The number of hydrogen-bond donors (Lipinski definition) is 1. The number of aryl methyl sites for hydroxylation is 1. The topological polar surface area (TPSA) is 75.7 Å². The van der Waals surface area contributed by atoms with E-state index >= 15 is 0 Å². The van der Waals surface area contributed by atoms with Gasteiger partial charge in [0.05, 0.1) is 13.1 Å². The Balaban J connectivity index is 1.80. The van der Waals surface area contributed by atoms with Crippen molar-refractivity contribution in [3.8, 4) is 0 Å². The quantitative estimate of drug-likeness (QED) is 0.858. The number of cyclic esters (lactones) is 1. The Hall–Kier alpha value is -2.44. The van der Waals surface area contributed by atoms with Crippen LogP contribution in [-0.4, -0.2) is 43.1 Å². The largest absolute Gasteiger partial charge is 0.442 e. The number of ether oxygens (including phenoxy) is 1. The minimum Gasteiger partial charge on any atom is -0.442 e. The Morgan fingerprint density at radius 3 is 2.96 bits per heavy atom. The second-order valence-corrected chi connectivity index (χ2v) is 6.12. The van der Waals surface area contributed by atoms with Gasteiger partial charge >= 0.3 is 6.09 Å². The van der Waals surface area contributed by atoms with E-state index in [4.69, 9.17) is 4.74 Å². The van der Waals surface area contributed by atoms with Gasteiger partial charge in [0.1, 0.15) is 6.10 Å². The molecule has 128 valence electrons. The standard InChI is InChI=1S/C17H19FN2O4/c1-10(21)19-8-13-9-20(17(23)24-13)12-6-5-11-3-2-4-15(18)16(22)14(11)7-12/h5-7,13,15H,2-4,8-9H2,1H3,(H,19,21)/t13-,15+/m0/s1. The van der Waals surface area contributed by atoms with E-state index in [0.717, 1.165) is 5.56 Å². The van der Waals surface area contributed by atoms with Gasteiger partial charge < -0.3 is 10.1 Å². The first-order valence-electron chi connectivity index (χ1n) is 7.99. The molecule has 1 N–H and O–H groups in total. The third-order valence-corrected chi connectivity index (χ3v) is 4.31.